The summed E-state index contributed by atoms with van der Waals surface area (Å²) in [6, 6.07) is 15.7. The molecule has 1 radical (unpaired) electrons. The first-order valence-electron chi connectivity index (χ1n) is 4.29. The molecular formula is C12H11. The van der Waals surface area contributed by atoms with E-state index in [0.717, 1.165) is 6.42 Å². The molecule has 0 spiro atoms. The van der Waals surface area contributed by atoms with Gasteiger partial charge in [-0.05, 0) is 34.9 Å². The van der Waals surface area contributed by atoms with E-state index in [1.807, 2.05) is 12.1 Å². The minimum atomic E-state index is 1.11. The number of rotatable bonds is 1. The van der Waals surface area contributed by atoms with Crippen molar-refractivity contribution in [2.45, 2.75) is 13.3 Å². The lowest BCUT2D eigenvalue weighted by atomic mass is 10.1. The third-order valence-corrected chi connectivity index (χ3v) is 2.16. The smallest absolute Gasteiger partial charge is 0.0177 e. The highest BCUT2D eigenvalue weighted by Gasteiger charge is 1.92. The summed E-state index contributed by atoms with van der Waals surface area (Å²) in [7, 11) is 0. The summed E-state index contributed by atoms with van der Waals surface area (Å²) >= 11 is 0. The van der Waals surface area contributed by atoms with E-state index in [1.165, 1.54) is 16.3 Å². The fourth-order valence-corrected chi connectivity index (χ4v) is 1.40. The van der Waals surface area contributed by atoms with Crippen LogP contribution < -0.4 is 0 Å². The quantitative estimate of drug-likeness (QED) is 0.593. The topological polar surface area (TPSA) is 0 Å². The van der Waals surface area contributed by atoms with Gasteiger partial charge in [0.15, 0.2) is 0 Å². The minimum Gasteiger partial charge on any atom is -0.0613 e. The van der Waals surface area contributed by atoms with E-state index in [4.69, 9.17) is 0 Å². The van der Waals surface area contributed by atoms with Gasteiger partial charge in [-0.15, -0.1) is 0 Å². The lowest BCUT2D eigenvalue weighted by Gasteiger charge is -1.99. The minimum absolute atomic E-state index is 1.11. The van der Waals surface area contributed by atoms with Gasteiger partial charge >= 0.3 is 0 Å². The van der Waals surface area contributed by atoms with E-state index < -0.39 is 0 Å². The summed E-state index contributed by atoms with van der Waals surface area (Å²) in [5.74, 6) is 0. The number of hydrogen-bond acceptors (Lipinski definition) is 0. The Hall–Kier alpha value is -1.30. The molecule has 59 valence electrons. The van der Waals surface area contributed by atoms with Crippen LogP contribution in [0.15, 0.2) is 36.4 Å². The third-order valence-electron chi connectivity index (χ3n) is 2.16. The Morgan fingerprint density at radius 1 is 1.17 bits per heavy atom. The van der Waals surface area contributed by atoms with Crippen LogP contribution in [0.2, 0.25) is 0 Å². The van der Waals surface area contributed by atoms with Crippen molar-refractivity contribution in [3.05, 3.63) is 48.0 Å². The van der Waals surface area contributed by atoms with Crippen LogP contribution in [0.1, 0.15) is 12.5 Å². The van der Waals surface area contributed by atoms with Crippen molar-refractivity contribution in [1.29, 1.82) is 0 Å². The number of hydrogen-bond donors (Lipinski definition) is 0. The van der Waals surface area contributed by atoms with Crippen molar-refractivity contribution in [1.82, 2.24) is 0 Å². The Labute approximate surface area is 72.8 Å². The molecule has 0 fully saturated rings. The first kappa shape index (κ1) is 7.35. The zero-order chi connectivity index (χ0) is 8.39. The molecule has 2 rings (SSSR count). The van der Waals surface area contributed by atoms with Crippen LogP contribution in [0.4, 0.5) is 0 Å². The van der Waals surface area contributed by atoms with Crippen LogP contribution in [0.3, 0.4) is 0 Å². The zero-order valence-electron chi connectivity index (χ0n) is 7.17. The normalized spacial score (nSPS) is 10.4. The van der Waals surface area contributed by atoms with Crippen molar-refractivity contribution in [2.75, 3.05) is 0 Å². The van der Waals surface area contributed by atoms with Gasteiger partial charge in [-0.3, -0.25) is 0 Å². The fourth-order valence-electron chi connectivity index (χ4n) is 1.40. The second kappa shape index (κ2) is 2.98. The highest BCUT2D eigenvalue weighted by Crippen LogP contribution is 2.15. The molecule has 0 nitrogen and oxygen atoms in total. The molecule has 0 unspecified atom stereocenters. The van der Waals surface area contributed by atoms with Gasteiger partial charge in [-0.25, -0.2) is 0 Å². The largest absolute Gasteiger partial charge is 0.0613 e. The molecule has 0 aromatic heterocycles. The molecular weight excluding hydrogens is 144 g/mol. The van der Waals surface area contributed by atoms with Crippen LogP contribution in [0.25, 0.3) is 10.8 Å². The van der Waals surface area contributed by atoms with E-state index in [9.17, 15) is 0 Å². The Morgan fingerprint density at radius 3 is 2.92 bits per heavy atom. The summed E-state index contributed by atoms with van der Waals surface area (Å²) < 4.78 is 0. The van der Waals surface area contributed by atoms with Crippen LogP contribution >= 0.6 is 0 Å². The number of fused-ring (bicyclic) bond motifs is 1. The van der Waals surface area contributed by atoms with E-state index in [0.29, 0.717) is 0 Å². The molecule has 0 aliphatic heterocycles. The molecule has 0 N–H and O–H groups in total. The Balaban J connectivity index is 2.67. The first-order chi connectivity index (χ1) is 5.90. The van der Waals surface area contributed by atoms with Gasteiger partial charge in [0, 0.05) is 0 Å². The van der Waals surface area contributed by atoms with Crippen molar-refractivity contribution >= 4 is 10.8 Å². The number of aryl methyl sites for hydroxylation is 1. The van der Waals surface area contributed by atoms with Crippen LogP contribution in [0.5, 0.6) is 0 Å². The maximum Gasteiger partial charge on any atom is -0.0177 e. The SMILES string of the molecule is CCc1ccc2c[c]ccc2c1. The molecule has 0 amide bonds. The molecule has 12 heavy (non-hydrogen) atoms. The Kier molecular flexibility index (Phi) is 1.83. The van der Waals surface area contributed by atoms with Gasteiger partial charge in [-0.1, -0.05) is 37.3 Å². The third kappa shape index (κ3) is 1.20. The molecule has 0 atom stereocenters. The summed E-state index contributed by atoms with van der Waals surface area (Å²) in [6.07, 6.45) is 1.11. The molecule has 0 aliphatic carbocycles. The number of benzene rings is 2. The summed E-state index contributed by atoms with van der Waals surface area (Å²) in [5.41, 5.74) is 1.40. The molecule has 0 heteroatoms. The summed E-state index contributed by atoms with van der Waals surface area (Å²) in [6.45, 7) is 2.18. The molecule has 2 aromatic carbocycles. The predicted octanol–water partition coefficient (Wildman–Crippen LogP) is 3.20. The van der Waals surface area contributed by atoms with Crippen LogP contribution in [0, 0.1) is 6.07 Å². The predicted molar refractivity (Wildman–Crippen MR) is 52.2 cm³/mol. The Morgan fingerprint density at radius 2 is 2.08 bits per heavy atom. The molecule has 0 saturated carbocycles. The van der Waals surface area contributed by atoms with Crippen molar-refractivity contribution in [2.24, 2.45) is 0 Å². The van der Waals surface area contributed by atoms with Crippen molar-refractivity contribution in [3.63, 3.8) is 0 Å². The maximum atomic E-state index is 3.07. The van der Waals surface area contributed by atoms with Crippen LogP contribution in [-0.4, -0.2) is 0 Å². The average molecular weight is 155 g/mol. The van der Waals surface area contributed by atoms with Crippen molar-refractivity contribution in [3.8, 4) is 0 Å². The van der Waals surface area contributed by atoms with Gasteiger partial charge in [0.2, 0.25) is 0 Å². The van der Waals surface area contributed by atoms with Gasteiger partial charge < -0.3 is 0 Å². The average Bonchev–Trinajstić information content (AvgIpc) is 2.17. The highest BCUT2D eigenvalue weighted by atomic mass is 14.0. The second-order valence-electron chi connectivity index (χ2n) is 2.96. The van der Waals surface area contributed by atoms with Crippen molar-refractivity contribution < 1.29 is 0 Å². The van der Waals surface area contributed by atoms with Crippen LogP contribution in [-0.2, 0) is 6.42 Å². The van der Waals surface area contributed by atoms with E-state index in [2.05, 4.69) is 37.3 Å². The molecule has 0 saturated heterocycles. The fraction of sp³-hybridized carbons (Fsp3) is 0.167. The molecule has 0 heterocycles. The molecule has 2 aromatic rings. The maximum absolute atomic E-state index is 3.07. The summed E-state index contributed by atoms with van der Waals surface area (Å²) in [5, 5.41) is 2.59. The standard InChI is InChI=1S/C12H11/c1-2-10-7-8-11-5-3-4-6-12(11)9-10/h4-9H,2H2,1H3. The van der Waals surface area contributed by atoms with Gasteiger partial charge in [0.25, 0.3) is 0 Å². The zero-order valence-corrected chi connectivity index (χ0v) is 7.17. The lowest BCUT2D eigenvalue weighted by Crippen LogP contribution is -1.79. The van der Waals surface area contributed by atoms with E-state index >= 15 is 0 Å². The van der Waals surface area contributed by atoms with E-state index in [-0.39, 0.29) is 0 Å². The second-order valence-corrected chi connectivity index (χ2v) is 2.96. The van der Waals surface area contributed by atoms with E-state index in [1.54, 1.807) is 0 Å². The lowest BCUT2D eigenvalue weighted by molar-refractivity contribution is 1.15. The van der Waals surface area contributed by atoms with Gasteiger partial charge in [-0.2, -0.15) is 0 Å². The first-order valence-corrected chi connectivity index (χ1v) is 4.29. The van der Waals surface area contributed by atoms with Gasteiger partial charge in [0.1, 0.15) is 0 Å². The molecule has 0 bridgehead atoms. The molecule has 0 aliphatic rings. The van der Waals surface area contributed by atoms with Gasteiger partial charge in [0.05, 0.1) is 0 Å². The Bertz CT molecular complexity index is 388. The summed E-state index contributed by atoms with van der Waals surface area (Å²) in [4.78, 5) is 0. The highest BCUT2D eigenvalue weighted by molar-refractivity contribution is 5.82. The monoisotopic (exact) mass is 155 g/mol.